The molecule has 0 N–H and O–H groups in total. The highest BCUT2D eigenvalue weighted by Crippen LogP contribution is 2.33. The van der Waals surface area contributed by atoms with E-state index >= 15 is 0 Å². The number of carbonyl (C=O) groups excluding carboxylic acids is 1. The average molecular weight is 376 g/mol. The summed E-state index contributed by atoms with van der Waals surface area (Å²) in [7, 11) is 0. The summed E-state index contributed by atoms with van der Waals surface area (Å²) >= 11 is 5.88. The van der Waals surface area contributed by atoms with Crippen LogP contribution in [0.1, 0.15) is 16.7 Å². The molecule has 0 spiro atoms. The van der Waals surface area contributed by atoms with Crippen LogP contribution in [0.15, 0.2) is 42.5 Å². The molecule has 0 saturated carbocycles. The van der Waals surface area contributed by atoms with Crippen LogP contribution in [0.4, 0.5) is 5.69 Å². The highest BCUT2D eigenvalue weighted by atomic mass is 35.5. The van der Waals surface area contributed by atoms with Crippen molar-refractivity contribution < 1.29 is 23.9 Å². The second-order valence-electron chi connectivity index (χ2n) is 5.46. The Bertz CT molecular complexity index is 880. The number of ether oxygens (including phenoxy) is 3. The summed E-state index contributed by atoms with van der Waals surface area (Å²) in [6.45, 7) is 0.0930. The molecule has 7 nitrogen and oxygen atoms in total. The van der Waals surface area contributed by atoms with Gasteiger partial charge in [0.2, 0.25) is 0 Å². The van der Waals surface area contributed by atoms with Gasteiger partial charge in [-0.3, -0.25) is 10.1 Å². The lowest BCUT2D eigenvalue weighted by Gasteiger charge is -2.20. The van der Waals surface area contributed by atoms with Gasteiger partial charge in [-0.15, -0.1) is 0 Å². The van der Waals surface area contributed by atoms with Crippen molar-refractivity contribution in [3.63, 3.8) is 0 Å². The minimum atomic E-state index is -0.586. The van der Waals surface area contributed by atoms with Crippen LogP contribution in [-0.2, 0) is 27.5 Å². The lowest BCUT2D eigenvalue weighted by atomic mass is 10.1. The van der Waals surface area contributed by atoms with E-state index in [0.717, 1.165) is 5.56 Å². The standard InChI is InChI=1S/C18H14ClNO6/c19-15-3-1-2-12(6-15)4-5-17(21)25-10-14-8-16(20(22)23)7-13-9-24-11-26-18(13)14/h1-8H,9-11H2/b5-4+. The second-order valence-corrected chi connectivity index (χ2v) is 5.89. The summed E-state index contributed by atoms with van der Waals surface area (Å²) in [4.78, 5) is 22.5. The normalized spacial score (nSPS) is 13.1. The third-order valence-electron chi connectivity index (χ3n) is 3.61. The molecule has 0 amide bonds. The van der Waals surface area contributed by atoms with E-state index in [4.69, 9.17) is 25.8 Å². The first-order valence-corrected chi connectivity index (χ1v) is 8.02. The number of halogens is 1. The van der Waals surface area contributed by atoms with E-state index < -0.39 is 10.9 Å². The van der Waals surface area contributed by atoms with Gasteiger partial charge >= 0.3 is 5.97 Å². The fourth-order valence-electron chi connectivity index (χ4n) is 2.46. The zero-order chi connectivity index (χ0) is 18.5. The van der Waals surface area contributed by atoms with Crippen LogP contribution >= 0.6 is 11.6 Å². The molecule has 2 aromatic carbocycles. The van der Waals surface area contributed by atoms with Crippen LogP contribution in [0.5, 0.6) is 5.75 Å². The number of nitro groups is 1. The maximum absolute atomic E-state index is 11.9. The van der Waals surface area contributed by atoms with Gasteiger partial charge in [-0.25, -0.2) is 4.79 Å². The number of esters is 1. The predicted octanol–water partition coefficient (Wildman–Crippen LogP) is 3.87. The third kappa shape index (κ3) is 4.38. The van der Waals surface area contributed by atoms with Crippen LogP contribution in [0.2, 0.25) is 5.02 Å². The van der Waals surface area contributed by atoms with Crippen LogP contribution in [0, 0.1) is 10.1 Å². The first-order valence-electron chi connectivity index (χ1n) is 7.64. The van der Waals surface area contributed by atoms with Crippen LogP contribution < -0.4 is 4.74 Å². The summed E-state index contributed by atoms with van der Waals surface area (Å²) in [5.74, 6) is -0.134. The molecule has 2 aromatic rings. The number of hydrogen-bond acceptors (Lipinski definition) is 6. The van der Waals surface area contributed by atoms with Crippen molar-refractivity contribution in [3.05, 3.63) is 74.3 Å². The molecular weight excluding hydrogens is 362 g/mol. The largest absolute Gasteiger partial charge is 0.467 e. The molecule has 0 aromatic heterocycles. The minimum Gasteiger partial charge on any atom is -0.467 e. The molecule has 134 valence electrons. The topological polar surface area (TPSA) is 87.9 Å². The van der Waals surface area contributed by atoms with Gasteiger partial charge in [0.1, 0.15) is 12.4 Å². The number of fused-ring (bicyclic) bond motifs is 1. The zero-order valence-corrected chi connectivity index (χ0v) is 14.3. The van der Waals surface area contributed by atoms with Crippen molar-refractivity contribution in [1.82, 2.24) is 0 Å². The van der Waals surface area contributed by atoms with Gasteiger partial charge in [-0.05, 0) is 23.8 Å². The molecule has 0 aliphatic carbocycles. The van der Waals surface area contributed by atoms with Gasteiger partial charge in [0, 0.05) is 34.4 Å². The Balaban J connectivity index is 1.71. The molecule has 0 atom stereocenters. The third-order valence-corrected chi connectivity index (χ3v) is 3.85. The van der Waals surface area contributed by atoms with Gasteiger partial charge in [0.15, 0.2) is 6.79 Å². The van der Waals surface area contributed by atoms with Crippen LogP contribution in [0.3, 0.4) is 0 Å². The number of non-ortho nitro benzene ring substituents is 1. The summed E-state index contributed by atoms with van der Waals surface area (Å²) in [6.07, 6.45) is 2.83. The molecule has 3 rings (SSSR count). The molecule has 0 unspecified atom stereocenters. The van der Waals surface area contributed by atoms with Crippen molar-refractivity contribution >= 4 is 29.3 Å². The molecule has 0 radical (unpaired) electrons. The van der Waals surface area contributed by atoms with Crippen molar-refractivity contribution in [1.29, 1.82) is 0 Å². The fourth-order valence-corrected chi connectivity index (χ4v) is 2.66. The molecule has 26 heavy (non-hydrogen) atoms. The lowest BCUT2D eigenvalue weighted by Crippen LogP contribution is -2.14. The molecule has 0 saturated heterocycles. The quantitative estimate of drug-likeness (QED) is 0.341. The van der Waals surface area contributed by atoms with E-state index in [1.807, 2.05) is 0 Å². The molecule has 1 heterocycles. The van der Waals surface area contributed by atoms with Crippen LogP contribution in [-0.4, -0.2) is 17.7 Å². The summed E-state index contributed by atoms with van der Waals surface area (Å²) in [5.41, 5.74) is 1.61. The van der Waals surface area contributed by atoms with Gasteiger partial charge < -0.3 is 14.2 Å². The Hall–Kier alpha value is -2.90. The Kier molecular flexibility index (Phi) is 5.50. The first kappa shape index (κ1) is 17.9. The van der Waals surface area contributed by atoms with Crippen LogP contribution in [0.25, 0.3) is 6.08 Å². The maximum Gasteiger partial charge on any atom is 0.331 e. The molecule has 1 aliphatic rings. The Labute approximate surface area is 153 Å². The monoisotopic (exact) mass is 375 g/mol. The van der Waals surface area contributed by atoms with Crippen molar-refractivity contribution in [2.24, 2.45) is 0 Å². The number of hydrogen-bond donors (Lipinski definition) is 0. The van der Waals surface area contributed by atoms with E-state index in [0.29, 0.717) is 21.9 Å². The van der Waals surface area contributed by atoms with E-state index in [2.05, 4.69) is 0 Å². The Morgan fingerprint density at radius 2 is 2.19 bits per heavy atom. The predicted molar refractivity (Wildman–Crippen MR) is 93.7 cm³/mol. The Morgan fingerprint density at radius 1 is 1.35 bits per heavy atom. The molecule has 8 heteroatoms. The SMILES string of the molecule is O=C(/C=C/c1cccc(Cl)c1)OCc1cc([N+](=O)[O-])cc2c1OCOC2. The highest BCUT2D eigenvalue weighted by Gasteiger charge is 2.21. The maximum atomic E-state index is 11.9. The van der Waals surface area contributed by atoms with Gasteiger partial charge in [-0.1, -0.05) is 23.7 Å². The van der Waals surface area contributed by atoms with Crippen molar-refractivity contribution in [2.45, 2.75) is 13.2 Å². The smallest absolute Gasteiger partial charge is 0.331 e. The number of nitrogens with zero attached hydrogens (tertiary/aromatic N) is 1. The van der Waals surface area contributed by atoms with Gasteiger partial charge in [0.25, 0.3) is 5.69 Å². The first-order chi connectivity index (χ1) is 12.5. The zero-order valence-electron chi connectivity index (χ0n) is 13.5. The fraction of sp³-hybridized carbons (Fsp3) is 0.167. The van der Waals surface area contributed by atoms with Crippen molar-refractivity contribution in [2.75, 3.05) is 6.79 Å². The van der Waals surface area contributed by atoms with E-state index in [1.165, 1.54) is 18.2 Å². The number of carbonyl (C=O) groups is 1. The highest BCUT2D eigenvalue weighted by molar-refractivity contribution is 6.30. The number of rotatable bonds is 5. The average Bonchev–Trinajstić information content (AvgIpc) is 2.64. The van der Waals surface area contributed by atoms with Gasteiger partial charge in [-0.2, -0.15) is 0 Å². The summed E-state index contributed by atoms with van der Waals surface area (Å²) < 4.78 is 15.7. The number of benzene rings is 2. The molecule has 1 aliphatic heterocycles. The van der Waals surface area contributed by atoms with Crippen molar-refractivity contribution in [3.8, 4) is 5.75 Å². The molecular formula is C18H14ClNO6. The molecule has 0 fully saturated rings. The summed E-state index contributed by atoms with van der Waals surface area (Å²) in [5, 5.41) is 11.6. The lowest BCUT2D eigenvalue weighted by molar-refractivity contribution is -0.385. The minimum absolute atomic E-state index is 0.0421. The van der Waals surface area contributed by atoms with Gasteiger partial charge in [0.05, 0.1) is 11.5 Å². The number of nitro benzene ring substituents is 1. The second kappa shape index (κ2) is 7.99. The molecule has 0 bridgehead atoms. The van der Waals surface area contributed by atoms with E-state index in [1.54, 1.807) is 30.3 Å². The van der Waals surface area contributed by atoms with E-state index in [9.17, 15) is 14.9 Å². The summed E-state index contributed by atoms with van der Waals surface area (Å²) in [6, 6.07) is 9.71. The Morgan fingerprint density at radius 3 is 2.96 bits per heavy atom. The van der Waals surface area contributed by atoms with E-state index in [-0.39, 0.29) is 25.7 Å².